The van der Waals surface area contributed by atoms with Crippen LogP contribution in [-0.4, -0.2) is 102 Å². The quantitative estimate of drug-likeness (QED) is 0.259. The third-order valence-electron chi connectivity index (χ3n) is 11.5. The van der Waals surface area contributed by atoms with E-state index in [0.29, 0.717) is 73.3 Å². The average molecular weight is 762 g/mol. The number of nitrogens with zero attached hydrogens (tertiary/aromatic N) is 7. The van der Waals surface area contributed by atoms with E-state index in [-0.39, 0.29) is 24.4 Å². The number of nitrogens with one attached hydrogen (secondary N) is 1. The van der Waals surface area contributed by atoms with Gasteiger partial charge >= 0.3 is 5.97 Å². The smallest absolute Gasteiger partial charge is 0.307 e. The number of benzene rings is 2. The molecule has 278 valence electrons. The summed E-state index contributed by atoms with van der Waals surface area (Å²) >= 11 is 12.9. The number of pyridine rings is 1. The molecule has 3 saturated heterocycles. The number of piperidine rings is 1. The van der Waals surface area contributed by atoms with Crippen molar-refractivity contribution in [3.8, 4) is 5.75 Å². The lowest BCUT2D eigenvalue weighted by Crippen LogP contribution is -2.55. The molecular formula is C38H42Cl2N8O5. The molecule has 3 aromatic rings. The summed E-state index contributed by atoms with van der Waals surface area (Å²) in [6.45, 7) is 3.91. The first-order valence-corrected chi connectivity index (χ1v) is 18.6. The van der Waals surface area contributed by atoms with E-state index < -0.39 is 22.7 Å². The summed E-state index contributed by atoms with van der Waals surface area (Å²) in [5, 5.41) is 23.9. The highest BCUT2D eigenvalue weighted by atomic mass is 35.5. The van der Waals surface area contributed by atoms with Crippen molar-refractivity contribution in [3.63, 3.8) is 0 Å². The molecule has 3 atom stereocenters. The normalized spacial score (nSPS) is 24.1. The van der Waals surface area contributed by atoms with Crippen molar-refractivity contribution in [1.29, 1.82) is 0 Å². The Kier molecular flexibility index (Phi) is 10.8. The van der Waals surface area contributed by atoms with Crippen LogP contribution in [0.5, 0.6) is 5.75 Å². The maximum Gasteiger partial charge on any atom is 0.307 e. The number of ether oxygens (including phenoxy) is 1. The summed E-state index contributed by atoms with van der Waals surface area (Å²) < 4.78 is 5.62. The van der Waals surface area contributed by atoms with E-state index in [1.165, 1.54) is 0 Å². The van der Waals surface area contributed by atoms with Crippen molar-refractivity contribution in [2.75, 3.05) is 52.9 Å². The minimum atomic E-state index is -0.844. The summed E-state index contributed by atoms with van der Waals surface area (Å²) in [6, 6.07) is 14.7. The van der Waals surface area contributed by atoms with Crippen molar-refractivity contribution >= 4 is 47.2 Å². The van der Waals surface area contributed by atoms with Crippen molar-refractivity contribution in [2.45, 2.75) is 49.0 Å². The summed E-state index contributed by atoms with van der Waals surface area (Å²) in [6.07, 6.45) is 8.21. The van der Waals surface area contributed by atoms with Crippen molar-refractivity contribution in [3.05, 3.63) is 93.2 Å². The number of hydrogen-bond donors (Lipinski definition) is 2. The molecule has 0 saturated carbocycles. The second kappa shape index (κ2) is 15.5. The fraction of sp³-hybridized carbons (Fsp3) is 0.447. The van der Waals surface area contributed by atoms with Crippen LogP contribution in [0.4, 0.5) is 0 Å². The van der Waals surface area contributed by atoms with Gasteiger partial charge in [-0.15, -0.1) is 5.10 Å². The van der Waals surface area contributed by atoms with E-state index in [0.717, 1.165) is 36.1 Å². The Bertz CT molecular complexity index is 1910. The molecule has 5 heterocycles. The van der Waals surface area contributed by atoms with E-state index in [1.54, 1.807) is 36.8 Å². The minimum absolute atomic E-state index is 0.116. The lowest BCUT2D eigenvalue weighted by atomic mass is 9.72. The van der Waals surface area contributed by atoms with Gasteiger partial charge in [-0.05, 0) is 110 Å². The molecule has 0 radical (unpaired) electrons. The van der Waals surface area contributed by atoms with Gasteiger partial charge in [-0.3, -0.25) is 24.8 Å². The number of aromatic nitrogens is 1. The number of carboxylic acids is 1. The maximum atomic E-state index is 14.2. The minimum Gasteiger partial charge on any atom is -0.496 e. The number of hydrogen-bond acceptors (Lipinski definition) is 10. The highest BCUT2D eigenvalue weighted by Crippen LogP contribution is 2.43. The Morgan fingerprint density at radius 2 is 1.75 bits per heavy atom. The fourth-order valence-electron chi connectivity index (χ4n) is 8.23. The molecule has 13 nitrogen and oxygen atoms in total. The van der Waals surface area contributed by atoms with E-state index >= 15 is 0 Å². The number of hydrazine groups is 1. The molecule has 15 heteroatoms. The summed E-state index contributed by atoms with van der Waals surface area (Å²) in [4.78, 5) is 48.3. The van der Waals surface area contributed by atoms with Gasteiger partial charge in [0.15, 0.2) is 0 Å². The van der Waals surface area contributed by atoms with Gasteiger partial charge in [0.05, 0.1) is 40.3 Å². The highest BCUT2D eigenvalue weighted by molar-refractivity contribution is 6.42. The number of carbonyl (C=O) groups excluding carboxylic acids is 2. The molecule has 4 aliphatic rings. The van der Waals surface area contributed by atoms with Crippen molar-refractivity contribution in [2.24, 2.45) is 21.4 Å². The number of carboxylic acid groups (broad SMARTS) is 1. The van der Waals surface area contributed by atoms with E-state index in [1.807, 2.05) is 47.4 Å². The second-order valence-electron chi connectivity index (χ2n) is 14.4. The topological polar surface area (TPSA) is 152 Å². The maximum absolute atomic E-state index is 14.2. The van der Waals surface area contributed by atoms with Gasteiger partial charge in [-0.2, -0.15) is 5.11 Å². The van der Waals surface area contributed by atoms with Crippen LogP contribution in [-0.2, 0) is 20.4 Å². The number of methoxy groups -OCH3 is 1. The SMILES string of the molecule is COc1ccc(C2C=NN=N2)cc1C(=O)N1CCC(CCN2CCC(C(=O)NN3CCC(C(=O)O)C3)(c3ccncc3)CC2)(c2ccc(Cl)c(Cl)c2)C1. The van der Waals surface area contributed by atoms with Crippen LogP contribution >= 0.6 is 23.2 Å². The molecule has 2 aromatic carbocycles. The van der Waals surface area contributed by atoms with Crippen LogP contribution in [0.2, 0.25) is 10.0 Å². The van der Waals surface area contributed by atoms with Gasteiger partial charge < -0.3 is 19.6 Å². The second-order valence-corrected chi connectivity index (χ2v) is 15.2. The molecule has 7 rings (SSSR count). The number of amides is 2. The van der Waals surface area contributed by atoms with Crippen molar-refractivity contribution < 1.29 is 24.2 Å². The van der Waals surface area contributed by atoms with Gasteiger partial charge in [0.1, 0.15) is 11.8 Å². The van der Waals surface area contributed by atoms with Crippen LogP contribution in [0.3, 0.4) is 0 Å². The molecule has 3 fully saturated rings. The molecule has 0 spiro atoms. The van der Waals surface area contributed by atoms with Crippen LogP contribution in [0.1, 0.15) is 65.2 Å². The highest BCUT2D eigenvalue weighted by Gasteiger charge is 2.46. The number of carbonyl (C=O) groups is 3. The van der Waals surface area contributed by atoms with Crippen LogP contribution < -0.4 is 10.2 Å². The van der Waals surface area contributed by atoms with Gasteiger partial charge in [-0.25, -0.2) is 5.01 Å². The largest absolute Gasteiger partial charge is 0.496 e. The molecule has 4 aliphatic heterocycles. The van der Waals surface area contributed by atoms with Crippen LogP contribution in [0.25, 0.3) is 0 Å². The fourth-order valence-corrected chi connectivity index (χ4v) is 8.52. The van der Waals surface area contributed by atoms with Crippen molar-refractivity contribution in [1.82, 2.24) is 25.2 Å². The van der Waals surface area contributed by atoms with Gasteiger partial charge in [0.2, 0.25) is 5.91 Å². The van der Waals surface area contributed by atoms with Gasteiger partial charge in [0, 0.05) is 44.0 Å². The first-order valence-electron chi connectivity index (χ1n) is 17.9. The zero-order valence-corrected chi connectivity index (χ0v) is 31.0. The predicted octanol–water partition coefficient (Wildman–Crippen LogP) is 5.54. The van der Waals surface area contributed by atoms with Gasteiger partial charge in [-0.1, -0.05) is 35.3 Å². The van der Waals surface area contributed by atoms with Crippen LogP contribution in [0, 0.1) is 5.92 Å². The Morgan fingerprint density at radius 3 is 2.43 bits per heavy atom. The number of rotatable bonds is 11. The van der Waals surface area contributed by atoms with Crippen LogP contribution in [0.15, 0.2) is 76.4 Å². The molecule has 1 aromatic heterocycles. The first-order chi connectivity index (χ1) is 25.6. The molecule has 0 bridgehead atoms. The summed E-state index contributed by atoms with van der Waals surface area (Å²) in [7, 11) is 1.55. The Labute approximate surface area is 318 Å². The average Bonchev–Trinajstić information content (AvgIpc) is 3.98. The number of aliphatic carboxylic acids is 1. The summed E-state index contributed by atoms with van der Waals surface area (Å²) in [5.74, 6) is -1.10. The van der Waals surface area contributed by atoms with E-state index in [9.17, 15) is 19.5 Å². The third kappa shape index (κ3) is 7.53. The molecule has 53 heavy (non-hydrogen) atoms. The monoisotopic (exact) mass is 760 g/mol. The Hall–Kier alpha value is -4.43. The molecule has 2 amide bonds. The lowest BCUT2D eigenvalue weighted by Gasteiger charge is -2.42. The zero-order valence-electron chi connectivity index (χ0n) is 29.5. The molecule has 2 N–H and O–H groups in total. The number of likely N-dealkylation sites (tertiary alicyclic amines) is 2. The molecule has 0 aliphatic carbocycles. The van der Waals surface area contributed by atoms with Gasteiger partial charge in [0.25, 0.3) is 5.91 Å². The zero-order chi connectivity index (χ0) is 37.2. The number of halogens is 2. The first kappa shape index (κ1) is 36.9. The van der Waals surface area contributed by atoms with E-state index in [2.05, 4.69) is 30.7 Å². The molecular weight excluding hydrogens is 719 g/mol. The Morgan fingerprint density at radius 1 is 0.962 bits per heavy atom. The molecule has 3 unspecified atom stereocenters. The summed E-state index contributed by atoms with van der Waals surface area (Å²) in [5.41, 5.74) is 5.08. The van der Waals surface area contributed by atoms with E-state index in [4.69, 9.17) is 27.9 Å². The third-order valence-corrected chi connectivity index (χ3v) is 12.2. The standard InChI is InChI=1S/C38H42Cl2N8O5/c1-53-33-5-2-25(32-22-42-45-43-32)20-29(33)34(49)47-19-10-37(24-47,28-3-4-30(39)31(40)21-28)9-16-46-17-11-38(12-18-46,27-6-13-41-14-7-27)36(52)44-48-15-8-26(23-48)35(50)51/h2-7,13-14,20-22,26,32H,8-12,15-19,23-24H2,1H3,(H,44,52)(H,50,51). The Balaban J connectivity index is 1.08. The predicted molar refractivity (Wildman–Crippen MR) is 199 cm³/mol. The lowest BCUT2D eigenvalue weighted by molar-refractivity contribution is -0.142.